The van der Waals surface area contributed by atoms with Crippen LogP contribution in [0.5, 0.6) is 0 Å². The van der Waals surface area contributed by atoms with E-state index in [1.165, 1.54) is 12.1 Å². The summed E-state index contributed by atoms with van der Waals surface area (Å²) < 4.78 is 7.90. The van der Waals surface area contributed by atoms with E-state index in [1.807, 2.05) is 12.5 Å². The number of imidazole rings is 1. The molecular weight excluding hydrogens is 238 g/mol. The molecule has 0 bridgehead atoms. The number of nitrogens with zero attached hydrogens (tertiary/aromatic N) is 2. The zero-order chi connectivity index (χ0) is 13.7. The standard InChI is InChI=1S/C15H27N3O/c1-13(2)19-9-5-4-8-18-12-17-10-14(18)15(3)6-7-16-11-15/h10,12-13,16H,4-9,11H2,1-3H3. The summed E-state index contributed by atoms with van der Waals surface area (Å²) in [6.45, 7) is 10.6. The molecule has 0 aliphatic carbocycles. The molecule has 0 spiro atoms. The zero-order valence-electron chi connectivity index (χ0n) is 12.5. The van der Waals surface area contributed by atoms with Crippen LogP contribution in [-0.4, -0.2) is 35.4 Å². The predicted molar refractivity (Wildman–Crippen MR) is 77.4 cm³/mol. The topological polar surface area (TPSA) is 39.1 Å². The lowest BCUT2D eigenvalue weighted by Crippen LogP contribution is -2.28. The fourth-order valence-corrected chi connectivity index (χ4v) is 2.74. The minimum atomic E-state index is 0.255. The van der Waals surface area contributed by atoms with Crippen molar-refractivity contribution in [3.8, 4) is 0 Å². The second kappa shape index (κ2) is 6.53. The molecule has 1 aliphatic heterocycles. The molecule has 0 saturated carbocycles. The normalized spacial score (nSPS) is 23.4. The van der Waals surface area contributed by atoms with Gasteiger partial charge in [0.1, 0.15) is 0 Å². The molecule has 0 radical (unpaired) electrons. The van der Waals surface area contributed by atoms with Crippen LogP contribution in [0.3, 0.4) is 0 Å². The van der Waals surface area contributed by atoms with Gasteiger partial charge in [0.05, 0.1) is 12.4 Å². The molecule has 4 heteroatoms. The van der Waals surface area contributed by atoms with Crippen LogP contribution in [0.15, 0.2) is 12.5 Å². The maximum absolute atomic E-state index is 5.58. The highest BCUT2D eigenvalue weighted by atomic mass is 16.5. The highest BCUT2D eigenvalue weighted by molar-refractivity contribution is 5.17. The Hall–Kier alpha value is -0.870. The van der Waals surface area contributed by atoms with Crippen LogP contribution in [-0.2, 0) is 16.7 Å². The fourth-order valence-electron chi connectivity index (χ4n) is 2.74. The summed E-state index contributed by atoms with van der Waals surface area (Å²) >= 11 is 0. The number of unbranched alkanes of at least 4 members (excludes halogenated alkanes) is 1. The lowest BCUT2D eigenvalue weighted by atomic mass is 9.86. The smallest absolute Gasteiger partial charge is 0.0948 e. The van der Waals surface area contributed by atoms with Crippen molar-refractivity contribution in [1.29, 1.82) is 0 Å². The van der Waals surface area contributed by atoms with Crippen LogP contribution < -0.4 is 5.32 Å². The first kappa shape index (κ1) is 14.5. The van der Waals surface area contributed by atoms with Gasteiger partial charge in [-0.3, -0.25) is 0 Å². The van der Waals surface area contributed by atoms with Crippen molar-refractivity contribution >= 4 is 0 Å². The van der Waals surface area contributed by atoms with Gasteiger partial charge in [0.25, 0.3) is 0 Å². The van der Waals surface area contributed by atoms with Crippen molar-refractivity contribution < 1.29 is 4.74 Å². The number of nitrogens with one attached hydrogen (secondary N) is 1. The second-order valence-electron chi connectivity index (χ2n) is 6.09. The van der Waals surface area contributed by atoms with Crippen LogP contribution in [0, 0.1) is 0 Å². The van der Waals surface area contributed by atoms with E-state index in [1.54, 1.807) is 0 Å². The second-order valence-corrected chi connectivity index (χ2v) is 6.09. The van der Waals surface area contributed by atoms with Gasteiger partial charge in [0.15, 0.2) is 0 Å². The third-order valence-electron chi connectivity index (χ3n) is 3.94. The van der Waals surface area contributed by atoms with Crippen molar-refractivity contribution in [3.05, 3.63) is 18.2 Å². The van der Waals surface area contributed by atoms with Gasteiger partial charge in [0, 0.05) is 37.0 Å². The SMILES string of the molecule is CC(C)OCCCCn1cncc1C1(C)CCNC1. The molecule has 0 amide bonds. The summed E-state index contributed by atoms with van der Waals surface area (Å²) in [5.74, 6) is 0. The Morgan fingerprint density at radius 3 is 3.00 bits per heavy atom. The van der Waals surface area contributed by atoms with E-state index in [9.17, 15) is 0 Å². The maximum Gasteiger partial charge on any atom is 0.0948 e. The lowest BCUT2D eigenvalue weighted by molar-refractivity contribution is 0.0754. The molecule has 1 fully saturated rings. The maximum atomic E-state index is 5.58. The van der Waals surface area contributed by atoms with E-state index in [0.717, 1.165) is 39.1 Å². The van der Waals surface area contributed by atoms with Crippen molar-refractivity contribution in [2.24, 2.45) is 0 Å². The number of hydrogen-bond acceptors (Lipinski definition) is 3. The molecule has 2 heterocycles. The van der Waals surface area contributed by atoms with Gasteiger partial charge in [-0.05, 0) is 39.7 Å². The minimum absolute atomic E-state index is 0.255. The van der Waals surface area contributed by atoms with E-state index >= 15 is 0 Å². The van der Waals surface area contributed by atoms with Crippen LogP contribution >= 0.6 is 0 Å². The van der Waals surface area contributed by atoms with Gasteiger partial charge < -0.3 is 14.6 Å². The molecule has 1 unspecified atom stereocenters. The summed E-state index contributed by atoms with van der Waals surface area (Å²) in [7, 11) is 0. The zero-order valence-corrected chi connectivity index (χ0v) is 12.5. The molecule has 1 N–H and O–H groups in total. The summed E-state index contributed by atoms with van der Waals surface area (Å²) in [6.07, 6.45) is 7.83. The molecule has 2 rings (SSSR count). The Labute approximate surface area is 116 Å². The number of rotatable bonds is 7. The molecule has 1 aromatic rings. The third-order valence-corrected chi connectivity index (χ3v) is 3.94. The quantitative estimate of drug-likeness (QED) is 0.769. The number of hydrogen-bond donors (Lipinski definition) is 1. The Kier molecular flexibility index (Phi) is 4.99. The monoisotopic (exact) mass is 265 g/mol. The average Bonchev–Trinajstić information content (AvgIpc) is 2.98. The first-order chi connectivity index (χ1) is 9.12. The first-order valence-electron chi connectivity index (χ1n) is 7.45. The highest BCUT2D eigenvalue weighted by Gasteiger charge is 2.33. The summed E-state index contributed by atoms with van der Waals surface area (Å²) in [5.41, 5.74) is 1.63. The van der Waals surface area contributed by atoms with Crippen LogP contribution in [0.1, 0.15) is 45.7 Å². The van der Waals surface area contributed by atoms with Gasteiger partial charge in [0.2, 0.25) is 0 Å². The molecule has 1 saturated heterocycles. The average molecular weight is 265 g/mol. The van der Waals surface area contributed by atoms with Crippen LogP contribution in [0.25, 0.3) is 0 Å². The lowest BCUT2D eigenvalue weighted by Gasteiger charge is -2.24. The molecule has 1 atom stereocenters. The Morgan fingerprint density at radius 1 is 1.47 bits per heavy atom. The molecule has 1 aliphatic rings. The molecule has 19 heavy (non-hydrogen) atoms. The molecule has 1 aromatic heterocycles. The third kappa shape index (κ3) is 3.80. The van der Waals surface area contributed by atoms with E-state index in [0.29, 0.717) is 6.10 Å². The molecule has 4 nitrogen and oxygen atoms in total. The molecule has 108 valence electrons. The van der Waals surface area contributed by atoms with E-state index in [4.69, 9.17) is 4.74 Å². The summed E-state index contributed by atoms with van der Waals surface area (Å²) in [5, 5.41) is 3.46. The van der Waals surface area contributed by atoms with Crippen molar-refractivity contribution in [1.82, 2.24) is 14.9 Å². The Balaban J connectivity index is 1.83. The summed E-state index contributed by atoms with van der Waals surface area (Å²) in [6, 6.07) is 0. The Bertz CT molecular complexity index is 380. The van der Waals surface area contributed by atoms with Gasteiger partial charge in [-0.2, -0.15) is 0 Å². The van der Waals surface area contributed by atoms with Crippen molar-refractivity contribution in [2.75, 3.05) is 19.7 Å². The number of aromatic nitrogens is 2. The van der Waals surface area contributed by atoms with Crippen molar-refractivity contribution in [2.45, 2.75) is 58.1 Å². The van der Waals surface area contributed by atoms with Gasteiger partial charge in [-0.1, -0.05) is 6.92 Å². The van der Waals surface area contributed by atoms with E-state index in [-0.39, 0.29) is 5.41 Å². The van der Waals surface area contributed by atoms with Gasteiger partial charge in [-0.25, -0.2) is 4.98 Å². The van der Waals surface area contributed by atoms with Crippen LogP contribution in [0.2, 0.25) is 0 Å². The fraction of sp³-hybridized carbons (Fsp3) is 0.800. The van der Waals surface area contributed by atoms with Crippen LogP contribution in [0.4, 0.5) is 0 Å². The highest BCUT2D eigenvalue weighted by Crippen LogP contribution is 2.29. The molecular formula is C15H27N3O. The van der Waals surface area contributed by atoms with Gasteiger partial charge in [-0.15, -0.1) is 0 Å². The van der Waals surface area contributed by atoms with Crippen molar-refractivity contribution in [3.63, 3.8) is 0 Å². The summed E-state index contributed by atoms with van der Waals surface area (Å²) in [4.78, 5) is 4.34. The number of ether oxygens (including phenoxy) is 1. The minimum Gasteiger partial charge on any atom is -0.379 e. The first-order valence-corrected chi connectivity index (χ1v) is 7.45. The Morgan fingerprint density at radius 2 is 2.32 bits per heavy atom. The van der Waals surface area contributed by atoms with E-state index < -0.39 is 0 Å². The van der Waals surface area contributed by atoms with Gasteiger partial charge >= 0.3 is 0 Å². The van der Waals surface area contributed by atoms with E-state index in [2.05, 4.69) is 35.6 Å². The number of aryl methyl sites for hydroxylation is 1. The molecule has 0 aromatic carbocycles. The predicted octanol–water partition coefficient (Wildman–Crippen LogP) is 2.34. The largest absolute Gasteiger partial charge is 0.379 e.